The van der Waals surface area contributed by atoms with Gasteiger partial charge in [0.25, 0.3) is 0 Å². The van der Waals surface area contributed by atoms with Gasteiger partial charge in [-0.15, -0.1) is 0 Å². The minimum Gasteiger partial charge on any atom is -0.383 e. The van der Waals surface area contributed by atoms with Gasteiger partial charge in [0.15, 0.2) is 0 Å². The Morgan fingerprint density at radius 1 is 1.24 bits per heavy atom. The molecular weight excluding hydrogens is 212 g/mol. The number of benzene rings is 1. The van der Waals surface area contributed by atoms with Crippen LogP contribution < -0.4 is 5.73 Å². The molecule has 0 saturated heterocycles. The van der Waals surface area contributed by atoms with Crippen LogP contribution in [0, 0.1) is 0 Å². The van der Waals surface area contributed by atoms with Crippen LogP contribution in [0.2, 0.25) is 0 Å². The normalized spacial score (nSPS) is 13.3. The van der Waals surface area contributed by atoms with Crippen molar-refractivity contribution in [2.75, 3.05) is 26.8 Å². The molecule has 0 aliphatic heterocycles. The second kappa shape index (κ2) is 7.43. The third-order valence-electron chi connectivity index (χ3n) is 3.02. The molecule has 0 aliphatic carbocycles. The highest BCUT2D eigenvalue weighted by Crippen LogP contribution is 2.21. The van der Waals surface area contributed by atoms with E-state index in [-0.39, 0.29) is 6.04 Å². The summed E-state index contributed by atoms with van der Waals surface area (Å²) in [4.78, 5) is 2.39. The van der Waals surface area contributed by atoms with E-state index in [4.69, 9.17) is 10.5 Å². The maximum atomic E-state index is 5.93. The molecule has 0 aliphatic rings. The quantitative estimate of drug-likeness (QED) is 0.787. The van der Waals surface area contributed by atoms with Crippen molar-refractivity contribution in [2.24, 2.45) is 5.73 Å². The van der Waals surface area contributed by atoms with Crippen molar-refractivity contribution in [2.45, 2.75) is 25.9 Å². The molecule has 0 spiro atoms. The van der Waals surface area contributed by atoms with Crippen molar-refractivity contribution in [3.05, 3.63) is 35.9 Å². The van der Waals surface area contributed by atoms with Gasteiger partial charge in [0, 0.05) is 32.3 Å². The second-order valence-corrected chi connectivity index (χ2v) is 4.49. The van der Waals surface area contributed by atoms with E-state index in [0.717, 1.165) is 13.2 Å². The Hall–Kier alpha value is -0.900. The molecule has 0 aromatic heterocycles. The van der Waals surface area contributed by atoms with Crippen LogP contribution in [0.1, 0.15) is 25.5 Å². The first-order valence-electron chi connectivity index (χ1n) is 6.20. The van der Waals surface area contributed by atoms with E-state index in [9.17, 15) is 0 Å². The summed E-state index contributed by atoms with van der Waals surface area (Å²) in [5, 5.41) is 0. The van der Waals surface area contributed by atoms with Crippen LogP contribution in [0.4, 0.5) is 0 Å². The second-order valence-electron chi connectivity index (χ2n) is 4.49. The highest BCUT2D eigenvalue weighted by molar-refractivity contribution is 5.19. The van der Waals surface area contributed by atoms with E-state index < -0.39 is 0 Å². The molecular formula is C14H24N2O. The molecule has 96 valence electrons. The third kappa shape index (κ3) is 4.11. The standard InChI is InChI=1S/C14H24N2O/c1-12(2)16(9-10-17-3)14(11-15)13-7-5-4-6-8-13/h4-8,12,14H,9-11,15H2,1-3H3. The Morgan fingerprint density at radius 2 is 1.88 bits per heavy atom. The first-order valence-corrected chi connectivity index (χ1v) is 6.20. The number of nitrogens with two attached hydrogens (primary N) is 1. The first-order chi connectivity index (χ1) is 8.20. The van der Waals surface area contributed by atoms with Crippen LogP contribution in [0.5, 0.6) is 0 Å². The highest BCUT2D eigenvalue weighted by Gasteiger charge is 2.20. The van der Waals surface area contributed by atoms with E-state index in [2.05, 4.69) is 43.0 Å². The van der Waals surface area contributed by atoms with Crippen molar-refractivity contribution in [3.63, 3.8) is 0 Å². The zero-order valence-corrected chi connectivity index (χ0v) is 11.1. The van der Waals surface area contributed by atoms with E-state index in [1.54, 1.807) is 7.11 Å². The average Bonchev–Trinajstić information content (AvgIpc) is 2.35. The molecule has 1 atom stereocenters. The topological polar surface area (TPSA) is 38.5 Å². The number of methoxy groups -OCH3 is 1. The van der Waals surface area contributed by atoms with Crippen molar-refractivity contribution in [1.82, 2.24) is 4.90 Å². The Labute approximate surface area is 105 Å². The number of hydrogen-bond donors (Lipinski definition) is 1. The van der Waals surface area contributed by atoms with E-state index >= 15 is 0 Å². The number of hydrogen-bond acceptors (Lipinski definition) is 3. The predicted molar refractivity (Wildman–Crippen MR) is 72.0 cm³/mol. The van der Waals surface area contributed by atoms with Gasteiger partial charge in [-0.2, -0.15) is 0 Å². The average molecular weight is 236 g/mol. The highest BCUT2D eigenvalue weighted by atomic mass is 16.5. The minimum atomic E-state index is 0.270. The first kappa shape index (κ1) is 14.2. The fraction of sp³-hybridized carbons (Fsp3) is 0.571. The van der Waals surface area contributed by atoms with E-state index in [1.807, 2.05) is 6.07 Å². The SMILES string of the molecule is COCCN(C(C)C)C(CN)c1ccccc1. The lowest BCUT2D eigenvalue weighted by atomic mass is 10.0. The van der Waals surface area contributed by atoms with Crippen molar-refractivity contribution >= 4 is 0 Å². The number of ether oxygens (including phenoxy) is 1. The summed E-state index contributed by atoms with van der Waals surface area (Å²) in [7, 11) is 1.73. The fourth-order valence-corrected chi connectivity index (χ4v) is 2.11. The maximum Gasteiger partial charge on any atom is 0.0590 e. The molecule has 0 radical (unpaired) electrons. The van der Waals surface area contributed by atoms with Crippen LogP contribution in [0.15, 0.2) is 30.3 Å². The molecule has 1 unspecified atom stereocenters. The van der Waals surface area contributed by atoms with Crippen LogP contribution in [0.3, 0.4) is 0 Å². The van der Waals surface area contributed by atoms with Crippen molar-refractivity contribution in [1.29, 1.82) is 0 Å². The maximum absolute atomic E-state index is 5.93. The lowest BCUT2D eigenvalue weighted by Gasteiger charge is -2.34. The lowest BCUT2D eigenvalue weighted by Crippen LogP contribution is -2.40. The molecule has 1 aromatic rings. The summed E-state index contributed by atoms with van der Waals surface area (Å²) in [6.07, 6.45) is 0. The third-order valence-corrected chi connectivity index (χ3v) is 3.02. The molecule has 1 rings (SSSR count). The minimum absolute atomic E-state index is 0.270. The summed E-state index contributed by atoms with van der Waals surface area (Å²) in [5.74, 6) is 0. The van der Waals surface area contributed by atoms with E-state index in [1.165, 1.54) is 5.56 Å². The fourth-order valence-electron chi connectivity index (χ4n) is 2.11. The van der Waals surface area contributed by atoms with Gasteiger partial charge >= 0.3 is 0 Å². The Balaban J connectivity index is 2.81. The van der Waals surface area contributed by atoms with Crippen molar-refractivity contribution in [3.8, 4) is 0 Å². The molecule has 3 nitrogen and oxygen atoms in total. The summed E-state index contributed by atoms with van der Waals surface area (Å²) in [5.41, 5.74) is 7.21. The smallest absolute Gasteiger partial charge is 0.0590 e. The zero-order valence-electron chi connectivity index (χ0n) is 11.1. The molecule has 17 heavy (non-hydrogen) atoms. The Bertz CT molecular complexity index is 300. The monoisotopic (exact) mass is 236 g/mol. The van der Waals surface area contributed by atoms with Gasteiger partial charge in [-0.3, -0.25) is 4.90 Å². The molecule has 0 amide bonds. The predicted octanol–water partition coefficient (Wildman–Crippen LogP) is 2.04. The van der Waals surface area contributed by atoms with Crippen LogP contribution >= 0.6 is 0 Å². The van der Waals surface area contributed by atoms with Gasteiger partial charge in [0.05, 0.1) is 6.61 Å². The molecule has 0 saturated carbocycles. The van der Waals surface area contributed by atoms with Crippen LogP contribution in [-0.4, -0.2) is 37.7 Å². The van der Waals surface area contributed by atoms with Crippen molar-refractivity contribution < 1.29 is 4.74 Å². The van der Waals surface area contributed by atoms with Gasteiger partial charge in [0.1, 0.15) is 0 Å². The summed E-state index contributed by atoms with van der Waals surface area (Å²) in [6, 6.07) is 11.2. The lowest BCUT2D eigenvalue weighted by molar-refractivity contribution is 0.0979. The number of rotatable bonds is 7. The molecule has 1 aromatic carbocycles. The van der Waals surface area contributed by atoms with Gasteiger partial charge in [-0.1, -0.05) is 30.3 Å². The largest absolute Gasteiger partial charge is 0.383 e. The molecule has 0 bridgehead atoms. The van der Waals surface area contributed by atoms with Gasteiger partial charge < -0.3 is 10.5 Å². The van der Waals surface area contributed by atoms with Crippen LogP contribution in [-0.2, 0) is 4.74 Å². The van der Waals surface area contributed by atoms with E-state index in [0.29, 0.717) is 12.6 Å². The van der Waals surface area contributed by atoms with Crippen LogP contribution in [0.25, 0.3) is 0 Å². The van der Waals surface area contributed by atoms with Gasteiger partial charge in [-0.25, -0.2) is 0 Å². The van der Waals surface area contributed by atoms with Gasteiger partial charge in [0.2, 0.25) is 0 Å². The molecule has 0 fully saturated rings. The molecule has 0 heterocycles. The zero-order chi connectivity index (χ0) is 12.7. The summed E-state index contributed by atoms with van der Waals surface area (Å²) in [6.45, 7) is 6.67. The summed E-state index contributed by atoms with van der Waals surface area (Å²) >= 11 is 0. The number of nitrogens with zero attached hydrogens (tertiary/aromatic N) is 1. The Kier molecular flexibility index (Phi) is 6.19. The Morgan fingerprint density at radius 3 is 2.35 bits per heavy atom. The summed E-state index contributed by atoms with van der Waals surface area (Å²) < 4.78 is 5.17. The molecule has 3 heteroatoms. The van der Waals surface area contributed by atoms with Gasteiger partial charge in [-0.05, 0) is 19.4 Å². The molecule has 2 N–H and O–H groups in total.